The number of pyridine rings is 1. The molecular formula is C15H15FN2O. The second-order valence-electron chi connectivity index (χ2n) is 4.79. The number of carbonyl (C=O) groups is 1. The molecule has 1 aromatic carbocycles. The number of nitrogens with one attached hydrogen (secondary N) is 1. The van der Waals surface area contributed by atoms with Crippen molar-refractivity contribution in [3.8, 4) is 0 Å². The van der Waals surface area contributed by atoms with Crippen LogP contribution in [0.1, 0.15) is 29.8 Å². The molecule has 0 saturated heterocycles. The fraction of sp³-hybridized carbons (Fsp3) is 0.200. The largest absolute Gasteiger partial charge is 0.343 e. The van der Waals surface area contributed by atoms with E-state index in [0.29, 0.717) is 0 Å². The van der Waals surface area contributed by atoms with Gasteiger partial charge >= 0.3 is 0 Å². The number of hydrogen-bond donors (Lipinski definition) is 1. The second-order valence-corrected chi connectivity index (χ2v) is 4.79. The fourth-order valence-corrected chi connectivity index (χ4v) is 1.84. The van der Waals surface area contributed by atoms with E-state index < -0.39 is 17.3 Å². The van der Waals surface area contributed by atoms with Crippen molar-refractivity contribution in [2.75, 3.05) is 0 Å². The Labute approximate surface area is 111 Å². The van der Waals surface area contributed by atoms with Crippen molar-refractivity contribution in [1.82, 2.24) is 10.3 Å². The van der Waals surface area contributed by atoms with Crippen molar-refractivity contribution in [2.24, 2.45) is 0 Å². The molecule has 98 valence electrons. The lowest BCUT2D eigenvalue weighted by Crippen LogP contribution is -2.41. The van der Waals surface area contributed by atoms with E-state index in [2.05, 4.69) is 10.3 Å². The standard InChI is InChI=1S/C15H15FN2O/c1-15(2,11-7-9-17-10-8-11)18-14(19)12-5-3-4-6-13(12)16/h3-10H,1-2H3,(H,18,19). The summed E-state index contributed by atoms with van der Waals surface area (Å²) < 4.78 is 13.5. The van der Waals surface area contributed by atoms with Gasteiger partial charge in [-0.2, -0.15) is 0 Å². The van der Waals surface area contributed by atoms with E-state index in [-0.39, 0.29) is 5.56 Å². The molecule has 1 N–H and O–H groups in total. The molecule has 0 atom stereocenters. The highest BCUT2D eigenvalue weighted by Gasteiger charge is 2.24. The zero-order valence-corrected chi connectivity index (χ0v) is 10.9. The van der Waals surface area contributed by atoms with Crippen molar-refractivity contribution in [3.63, 3.8) is 0 Å². The topological polar surface area (TPSA) is 42.0 Å². The van der Waals surface area contributed by atoms with E-state index in [1.807, 2.05) is 26.0 Å². The summed E-state index contributed by atoms with van der Waals surface area (Å²) in [6.45, 7) is 3.72. The smallest absolute Gasteiger partial charge is 0.254 e. The summed E-state index contributed by atoms with van der Waals surface area (Å²) in [6.07, 6.45) is 3.32. The van der Waals surface area contributed by atoms with Crippen LogP contribution in [0.5, 0.6) is 0 Å². The van der Waals surface area contributed by atoms with Crippen LogP contribution < -0.4 is 5.32 Å². The molecule has 0 aliphatic heterocycles. The Morgan fingerprint density at radius 3 is 2.42 bits per heavy atom. The molecule has 0 unspecified atom stereocenters. The van der Waals surface area contributed by atoms with Crippen LogP contribution in [0.15, 0.2) is 48.8 Å². The summed E-state index contributed by atoms with van der Waals surface area (Å²) in [6, 6.07) is 9.57. The van der Waals surface area contributed by atoms with Gasteiger partial charge in [-0.05, 0) is 43.7 Å². The van der Waals surface area contributed by atoms with Crippen molar-refractivity contribution in [3.05, 3.63) is 65.7 Å². The maximum absolute atomic E-state index is 13.5. The Balaban J connectivity index is 2.22. The molecule has 1 amide bonds. The first-order chi connectivity index (χ1) is 9.00. The first kappa shape index (κ1) is 13.2. The van der Waals surface area contributed by atoms with E-state index in [0.717, 1.165) is 5.56 Å². The van der Waals surface area contributed by atoms with Crippen LogP contribution in [0.3, 0.4) is 0 Å². The van der Waals surface area contributed by atoms with Crippen LogP contribution in [0.25, 0.3) is 0 Å². The van der Waals surface area contributed by atoms with E-state index in [4.69, 9.17) is 0 Å². The number of nitrogens with zero attached hydrogens (tertiary/aromatic N) is 1. The monoisotopic (exact) mass is 258 g/mol. The predicted octanol–water partition coefficient (Wildman–Crippen LogP) is 2.89. The number of hydrogen-bond acceptors (Lipinski definition) is 2. The molecule has 3 nitrogen and oxygen atoms in total. The Morgan fingerprint density at radius 2 is 1.79 bits per heavy atom. The Kier molecular flexibility index (Phi) is 3.60. The molecule has 0 saturated carbocycles. The molecule has 0 fully saturated rings. The molecule has 2 aromatic rings. The van der Waals surface area contributed by atoms with Crippen molar-refractivity contribution < 1.29 is 9.18 Å². The van der Waals surface area contributed by atoms with Gasteiger partial charge in [0.25, 0.3) is 5.91 Å². The van der Waals surface area contributed by atoms with Crippen LogP contribution >= 0.6 is 0 Å². The van der Waals surface area contributed by atoms with Gasteiger partial charge in [-0.3, -0.25) is 9.78 Å². The lowest BCUT2D eigenvalue weighted by molar-refractivity contribution is 0.0908. The molecule has 1 aromatic heterocycles. The maximum atomic E-state index is 13.5. The molecule has 0 radical (unpaired) electrons. The summed E-state index contributed by atoms with van der Waals surface area (Å²) in [5.41, 5.74) is 0.360. The first-order valence-corrected chi connectivity index (χ1v) is 5.98. The number of amides is 1. The van der Waals surface area contributed by atoms with E-state index in [1.165, 1.54) is 12.1 Å². The quantitative estimate of drug-likeness (QED) is 0.919. The summed E-state index contributed by atoms with van der Waals surface area (Å²) in [7, 11) is 0. The van der Waals surface area contributed by atoms with Gasteiger partial charge in [0.2, 0.25) is 0 Å². The predicted molar refractivity (Wildman–Crippen MR) is 71.1 cm³/mol. The molecule has 19 heavy (non-hydrogen) atoms. The third-order valence-corrected chi connectivity index (χ3v) is 2.95. The molecule has 0 spiro atoms. The van der Waals surface area contributed by atoms with Crippen LogP contribution in [0.4, 0.5) is 4.39 Å². The van der Waals surface area contributed by atoms with Crippen molar-refractivity contribution >= 4 is 5.91 Å². The molecule has 2 rings (SSSR count). The van der Waals surface area contributed by atoms with E-state index >= 15 is 0 Å². The van der Waals surface area contributed by atoms with Gasteiger partial charge in [-0.15, -0.1) is 0 Å². The Hall–Kier alpha value is -2.23. The SMILES string of the molecule is CC(C)(NC(=O)c1ccccc1F)c1ccncc1. The Bertz CT molecular complexity index is 582. The van der Waals surface area contributed by atoms with Crippen LogP contribution in [0.2, 0.25) is 0 Å². The minimum Gasteiger partial charge on any atom is -0.343 e. The van der Waals surface area contributed by atoms with E-state index in [1.54, 1.807) is 24.5 Å². The third kappa shape index (κ3) is 2.96. The fourth-order valence-electron chi connectivity index (χ4n) is 1.84. The highest BCUT2D eigenvalue weighted by Crippen LogP contribution is 2.20. The molecule has 1 heterocycles. The minimum atomic E-state index is -0.595. The van der Waals surface area contributed by atoms with Gasteiger partial charge in [0.15, 0.2) is 0 Å². The number of halogens is 1. The molecule has 0 aliphatic carbocycles. The lowest BCUT2D eigenvalue weighted by atomic mass is 9.95. The summed E-state index contributed by atoms with van der Waals surface area (Å²) in [4.78, 5) is 16.0. The van der Waals surface area contributed by atoms with Gasteiger partial charge in [-0.1, -0.05) is 12.1 Å². The Morgan fingerprint density at radius 1 is 1.16 bits per heavy atom. The number of benzene rings is 1. The number of carbonyl (C=O) groups excluding carboxylic acids is 1. The average molecular weight is 258 g/mol. The summed E-state index contributed by atoms with van der Waals surface area (Å²) >= 11 is 0. The van der Waals surface area contributed by atoms with E-state index in [9.17, 15) is 9.18 Å². The highest BCUT2D eigenvalue weighted by atomic mass is 19.1. The zero-order valence-electron chi connectivity index (χ0n) is 10.9. The molecule has 4 heteroatoms. The summed E-state index contributed by atoms with van der Waals surface area (Å²) in [5, 5.41) is 2.82. The van der Waals surface area contributed by atoms with Gasteiger partial charge in [0.05, 0.1) is 11.1 Å². The summed E-state index contributed by atoms with van der Waals surface area (Å²) in [5.74, 6) is -0.953. The zero-order chi connectivity index (χ0) is 13.9. The van der Waals surface area contributed by atoms with Gasteiger partial charge in [0.1, 0.15) is 5.82 Å². The van der Waals surface area contributed by atoms with Crippen LogP contribution in [0, 0.1) is 5.82 Å². The number of aromatic nitrogens is 1. The molecule has 0 bridgehead atoms. The number of rotatable bonds is 3. The van der Waals surface area contributed by atoms with Crippen LogP contribution in [-0.4, -0.2) is 10.9 Å². The van der Waals surface area contributed by atoms with Crippen LogP contribution in [-0.2, 0) is 5.54 Å². The highest BCUT2D eigenvalue weighted by molar-refractivity contribution is 5.94. The maximum Gasteiger partial charge on any atom is 0.254 e. The normalized spacial score (nSPS) is 11.1. The van der Waals surface area contributed by atoms with Gasteiger partial charge in [-0.25, -0.2) is 4.39 Å². The van der Waals surface area contributed by atoms with Crippen molar-refractivity contribution in [1.29, 1.82) is 0 Å². The van der Waals surface area contributed by atoms with Gasteiger partial charge < -0.3 is 5.32 Å². The lowest BCUT2D eigenvalue weighted by Gasteiger charge is -2.26. The minimum absolute atomic E-state index is 0.0460. The third-order valence-electron chi connectivity index (χ3n) is 2.95. The second kappa shape index (κ2) is 5.18. The molecular weight excluding hydrogens is 243 g/mol. The van der Waals surface area contributed by atoms with Gasteiger partial charge in [0, 0.05) is 12.4 Å². The molecule has 0 aliphatic rings. The van der Waals surface area contributed by atoms with Crippen molar-refractivity contribution in [2.45, 2.75) is 19.4 Å². The average Bonchev–Trinajstić information content (AvgIpc) is 2.39. The first-order valence-electron chi connectivity index (χ1n) is 5.98.